The second-order valence-corrected chi connectivity index (χ2v) is 5.51. The molecule has 1 heterocycles. The van der Waals surface area contributed by atoms with Gasteiger partial charge in [-0.15, -0.1) is 0 Å². The van der Waals surface area contributed by atoms with Crippen LogP contribution in [0.5, 0.6) is 0 Å². The third kappa shape index (κ3) is 4.09. The molecule has 1 saturated heterocycles. The molecule has 3 amide bonds. The van der Waals surface area contributed by atoms with E-state index < -0.39 is 17.9 Å². The maximum atomic E-state index is 12.1. The third-order valence-electron chi connectivity index (χ3n) is 4.00. The summed E-state index contributed by atoms with van der Waals surface area (Å²) in [5, 5.41) is 11.7. The summed E-state index contributed by atoms with van der Waals surface area (Å²) in [5.74, 6) is -1.63. The van der Waals surface area contributed by atoms with Crippen molar-refractivity contribution in [2.24, 2.45) is 11.8 Å². The molecule has 1 aliphatic rings. The number of hydrogen-bond donors (Lipinski definition) is 2. The number of aliphatic carboxylic acids is 1. The molecule has 7 heteroatoms. The minimum absolute atomic E-state index is 0.0814. The molecule has 0 spiro atoms. The second kappa shape index (κ2) is 7.28. The fourth-order valence-electron chi connectivity index (χ4n) is 2.60. The number of carboxylic acid groups (broad SMARTS) is 1. The number of likely N-dealkylation sites (N-methyl/N-ethyl adjacent to an activating group) is 1. The van der Waals surface area contributed by atoms with Gasteiger partial charge in [0.1, 0.15) is 6.04 Å². The number of rotatable bonds is 5. The van der Waals surface area contributed by atoms with Crippen LogP contribution in [0.3, 0.4) is 0 Å². The van der Waals surface area contributed by atoms with Crippen LogP contribution >= 0.6 is 0 Å². The van der Waals surface area contributed by atoms with E-state index in [1.165, 1.54) is 4.90 Å². The Morgan fingerprint density at radius 1 is 1.29 bits per heavy atom. The molecule has 7 nitrogen and oxygen atoms in total. The second-order valence-electron chi connectivity index (χ2n) is 5.51. The summed E-state index contributed by atoms with van der Waals surface area (Å²) < 4.78 is 0. The van der Waals surface area contributed by atoms with Crippen LogP contribution in [0.1, 0.15) is 27.7 Å². The molecule has 1 rings (SSSR count). The van der Waals surface area contributed by atoms with Crippen LogP contribution < -0.4 is 5.32 Å². The molecular formula is C14H25N3O4. The summed E-state index contributed by atoms with van der Waals surface area (Å²) in [6, 6.07) is -0.991. The standard InChI is InChI=1S/C14H25N3O4/c1-5-16(6-2)12(18)10(4)15-14(21)17-7-9(3)11(8-17)13(19)20/h9-11H,5-8H2,1-4H3,(H,15,21)(H,19,20). The molecule has 0 aromatic carbocycles. The predicted molar refractivity (Wildman–Crippen MR) is 77.8 cm³/mol. The molecule has 0 bridgehead atoms. The number of carboxylic acids is 1. The lowest BCUT2D eigenvalue weighted by molar-refractivity contribution is -0.142. The molecule has 21 heavy (non-hydrogen) atoms. The Balaban J connectivity index is 2.58. The zero-order valence-electron chi connectivity index (χ0n) is 13.1. The summed E-state index contributed by atoms with van der Waals surface area (Å²) in [6.45, 7) is 9.01. The van der Waals surface area contributed by atoms with E-state index in [2.05, 4.69) is 5.32 Å². The van der Waals surface area contributed by atoms with Crippen molar-refractivity contribution in [2.45, 2.75) is 33.7 Å². The van der Waals surface area contributed by atoms with Gasteiger partial charge in [0, 0.05) is 26.2 Å². The Morgan fingerprint density at radius 3 is 2.29 bits per heavy atom. The molecule has 3 unspecified atom stereocenters. The fraction of sp³-hybridized carbons (Fsp3) is 0.786. The summed E-state index contributed by atoms with van der Waals surface area (Å²) in [7, 11) is 0. The van der Waals surface area contributed by atoms with Crippen molar-refractivity contribution in [3.8, 4) is 0 Å². The van der Waals surface area contributed by atoms with Gasteiger partial charge in [0.25, 0.3) is 0 Å². The van der Waals surface area contributed by atoms with E-state index in [-0.39, 0.29) is 24.4 Å². The first kappa shape index (κ1) is 17.3. The molecule has 1 fully saturated rings. The zero-order valence-corrected chi connectivity index (χ0v) is 13.1. The zero-order chi connectivity index (χ0) is 16.2. The highest BCUT2D eigenvalue weighted by Crippen LogP contribution is 2.23. The first-order valence-electron chi connectivity index (χ1n) is 7.38. The van der Waals surface area contributed by atoms with E-state index in [0.29, 0.717) is 19.6 Å². The van der Waals surface area contributed by atoms with Gasteiger partial charge in [-0.1, -0.05) is 6.92 Å². The summed E-state index contributed by atoms with van der Waals surface area (Å²) in [6.07, 6.45) is 0. The number of carbonyl (C=O) groups is 3. The van der Waals surface area contributed by atoms with Crippen molar-refractivity contribution in [1.29, 1.82) is 0 Å². The lowest BCUT2D eigenvalue weighted by Gasteiger charge is -2.25. The van der Waals surface area contributed by atoms with Crippen LogP contribution in [-0.2, 0) is 9.59 Å². The van der Waals surface area contributed by atoms with Gasteiger partial charge in [-0.05, 0) is 26.7 Å². The van der Waals surface area contributed by atoms with Crippen LogP contribution in [0.25, 0.3) is 0 Å². The van der Waals surface area contributed by atoms with E-state index in [1.807, 2.05) is 20.8 Å². The van der Waals surface area contributed by atoms with E-state index in [4.69, 9.17) is 5.11 Å². The quantitative estimate of drug-likeness (QED) is 0.778. The first-order valence-corrected chi connectivity index (χ1v) is 7.38. The van der Waals surface area contributed by atoms with Crippen molar-refractivity contribution in [1.82, 2.24) is 15.1 Å². The minimum atomic E-state index is -0.884. The number of hydrogen-bond acceptors (Lipinski definition) is 3. The van der Waals surface area contributed by atoms with Crippen molar-refractivity contribution >= 4 is 17.9 Å². The van der Waals surface area contributed by atoms with Crippen LogP contribution in [0.15, 0.2) is 0 Å². The molecule has 0 aromatic heterocycles. The Bertz CT molecular complexity index is 409. The number of likely N-dealkylation sites (tertiary alicyclic amines) is 1. The van der Waals surface area contributed by atoms with Crippen LogP contribution in [0, 0.1) is 11.8 Å². The fourth-order valence-corrected chi connectivity index (χ4v) is 2.60. The lowest BCUT2D eigenvalue weighted by Crippen LogP contribution is -2.50. The van der Waals surface area contributed by atoms with E-state index >= 15 is 0 Å². The van der Waals surface area contributed by atoms with Crippen molar-refractivity contribution in [3.63, 3.8) is 0 Å². The van der Waals surface area contributed by atoms with Gasteiger partial charge >= 0.3 is 12.0 Å². The Kier molecular flexibility index (Phi) is 5.99. The van der Waals surface area contributed by atoms with Crippen molar-refractivity contribution in [3.05, 3.63) is 0 Å². The van der Waals surface area contributed by atoms with Crippen LogP contribution in [-0.4, -0.2) is 65.0 Å². The largest absolute Gasteiger partial charge is 0.481 e. The van der Waals surface area contributed by atoms with E-state index in [1.54, 1.807) is 11.8 Å². The summed E-state index contributed by atoms with van der Waals surface area (Å²) >= 11 is 0. The van der Waals surface area contributed by atoms with Crippen molar-refractivity contribution < 1.29 is 19.5 Å². The molecule has 0 aromatic rings. The average Bonchev–Trinajstić information content (AvgIpc) is 2.82. The smallest absolute Gasteiger partial charge is 0.318 e. The summed E-state index contributed by atoms with van der Waals surface area (Å²) in [4.78, 5) is 38.4. The molecule has 1 aliphatic heterocycles. The Hall–Kier alpha value is -1.79. The number of carbonyl (C=O) groups excluding carboxylic acids is 2. The SMILES string of the molecule is CCN(CC)C(=O)C(C)NC(=O)N1CC(C)C(C(=O)O)C1. The van der Waals surface area contributed by atoms with Crippen LogP contribution in [0.4, 0.5) is 4.79 Å². The Labute approximate surface area is 125 Å². The predicted octanol–water partition coefficient (Wildman–Crippen LogP) is 0.605. The summed E-state index contributed by atoms with van der Waals surface area (Å²) in [5.41, 5.74) is 0. The normalized spacial score (nSPS) is 22.8. The maximum Gasteiger partial charge on any atom is 0.318 e. The topological polar surface area (TPSA) is 90.0 Å². The van der Waals surface area contributed by atoms with Gasteiger partial charge in [0.15, 0.2) is 0 Å². The van der Waals surface area contributed by atoms with Gasteiger partial charge in [-0.25, -0.2) is 4.79 Å². The van der Waals surface area contributed by atoms with Gasteiger partial charge < -0.3 is 20.2 Å². The minimum Gasteiger partial charge on any atom is -0.481 e. The number of urea groups is 1. The molecule has 0 saturated carbocycles. The van der Waals surface area contributed by atoms with E-state index in [9.17, 15) is 14.4 Å². The monoisotopic (exact) mass is 299 g/mol. The molecule has 3 atom stereocenters. The Morgan fingerprint density at radius 2 is 1.86 bits per heavy atom. The van der Waals surface area contributed by atoms with Crippen molar-refractivity contribution in [2.75, 3.05) is 26.2 Å². The molecule has 0 aliphatic carbocycles. The average molecular weight is 299 g/mol. The third-order valence-corrected chi connectivity index (χ3v) is 4.00. The molecule has 0 radical (unpaired) electrons. The van der Waals surface area contributed by atoms with Crippen LogP contribution in [0.2, 0.25) is 0 Å². The van der Waals surface area contributed by atoms with Gasteiger partial charge in [0.05, 0.1) is 5.92 Å². The van der Waals surface area contributed by atoms with Gasteiger partial charge in [-0.3, -0.25) is 9.59 Å². The van der Waals surface area contributed by atoms with Gasteiger partial charge in [0.2, 0.25) is 5.91 Å². The molecule has 2 N–H and O–H groups in total. The lowest BCUT2D eigenvalue weighted by atomic mass is 9.99. The number of nitrogens with zero attached hydrogens (tertiary/aromatic N) is 2. The number of nitrogens with one attached hydrogen (secondary N) is 1. The van der Waals surface area contributed by atoms with Gasteiger partial charge in [-0.2, -0.15) is 0 Å². The van der Waals surface area contributed by atoms with E-state index in [0.717, 1.165) is 0 Å². The molecule has 120 valence electrons. The first-order chi connectivity index (χ1) is 9.81. The highest BCUT2D eigenvalue weighted by Gasteiger charge is 2.37. The molecular weight excluding hydrogens is 274 g/mol. The maximum absolute atomic E-state index is 12.1. The number of amides is 3. The highest BCUT2D eigenvalue weighted by atomic mass is 16.4. The highest BCUT2D eigenvalue weighted by molar-refractivity contribution is 5.87.